The van der Waals surface area contributed by atoms with Crippen molar-refractivity contribution in [2.75, 3.05) is 26.7 Å². The number of carboxylic acid groups (broad SMARTS) is 1. The Hall–Kier alpha value is -1.80. The minimum Gasteiger partial charge on any atom is -0.481 e. The monoisotopic (exact) mass is 352 g/mol. The number of hydrogen-bond acceptors (Lipinski definition) is 3. The number of carboxylic acids is 1. The van der Waals surface area contributed by atoms with Crippen LogP contribution in [0.15, 0.2) is 0 Å². The Morgan fingerprint density at radius 3 is 2.33 bits per heavy atom. The molecule has 6 nitrogen and oxygen atoms in total. The molecule has 0 aromatic heterocycles. The summed E-state index contributed by atoms with van der Waals surface area (Å²) in [5.74, 6) is -2.86. The number of carbonyl (C=O) groups excluding carboxylic acids is 2. The molecule has 0 spiro atoms. The Balaban J connectivity index is 2.60. The zero-order valence-electron chi connectivity index (χ0n) is 14.0. The summed E-state index contributed by atoms with van der Waals surface area (Å²) < 4.78 is 38.5. The van der Waals surface area contributed by atoms with Gasteiger partial charge in [0.25, 0.3) is 0 Å². The van der Waals surface area contributed by atoms with Gasteiger partial charge in [0.05, 0.1) is 17.9 Å². The van der Waals surface area contributed by atoms with Crippen LogP contribution in [0.1, 0.15) is 33.1 Å². The number of hydrogen-bond donors (Lipinski definition) is 1. The van der Waals surface area contributed by atoms with E-state index in [-0.39, 0.29) is 13.1 Å². The molecule has 1 aliphatic heterocycles. The van der Waals surface area contributed by atoms with E-state index in [9.17, 15) is 27.6 Å². The average Bonchev–Trinajstić information content (AvgIpc) is 2.45. The lowest BCUT2D eigenvalue weighted by Crippen LogP contribution is -2.47. The van der Waals surface area contributed by atoms with Gasteiger partial charge in [0.1, 0.15) is 0 Å². The van der Waals surface area contributed by atoms with E-state index in [4.69, 9.17) is 5.11 Å². The Bertz CT molecular complexity index is 505. The standard InChI is InChI=1S/C15H23F3N2O4/c1-14(2,15(16,17)18)7-11(21)19(3)9-12(22)20-6-4-5-10(8-20)13(23)24/h10H,4-9H2,1-3H3,(H,23,24). The summed E-state index contributed by atoms with van der Waals surface area (Å²) >= 11 is 0. The fraction of sp³-hybridized carbons (Fsp3) is 0.800. The van der Waals surface area contributed by atoms with Crippen LogP contribution in [0, 0.1) is 11.3 Å². The normalized spacial score (nSPS) is 19.1. The Morgan fingerprint density at radius 2 is 1.83 bits per heavy atom. The summed E-state index contributed by atoms with van der Waals surface area (Å²) in [5, 5.41) is 9.00. The van der Waals surface area contributed by atoms with Gasteiger partial charge in [-0.15, -0.1) is 0 Å². The van der Waals surface area contributed by atoms with E-state index in [1.54, 1.807) is 0 Å². The van der Waals surface area contributed by atoms with Crippen LogP contribution < -0.4 is 0 Å². The Kier molecular flexibility index (Phi) is 6.24. The van der Waals surface area contributed by atoms with Gasteiger partial charge in [-0.3, -0.25) is 14.4 Å². The van der Waals surface area contributed by atoms with Crippen molar-refractivity contribution in [1.29, 1.82) is 0 Å². The van der Waals surface area contributed by atoms with Gasteiger partial charge in [-0.25, -0.2) is 0 Å². The van der Waals surface area contributed by atoms with Crippen molar-refractivity contribution >= 4 is 17.8 Å². The topological polar surface area (TPSA) is 77.9 Å². The summed E-state index contributed by atoms with van der Waals surface area (Å²) in [6.07, 6.45) is -4.25. The first-order chi connectivity index (χ1) is 10.8. The van der Waals surface area contributed by atoms with Gasteiger partial charge in [-0.2, -0.15) is 13.2 Å². The van der Waals surface area contributed by atoms with Crippen LogP contribution in [0.2, 0.25) is 0 Å². The SMILES string of the molecule is CN(CC(=O)N1CCCC(C(=O)O)C1)C(=O)CC(C)(C)C(F)(F)F. The van der Waals surface area contributed by atoms with Crippen molar-refractivity contribution in [3.63, 3.8) is 0 Å². The molecule has 1 unspecified atom stereocenters. The number of likely N-dealkylation sites (N-methyl/N-ethyl adjacent to an activating group) is 1. The summed E-state index contributed by atoms with van der Waals surface area (Å²) in [7, 11) is 1.27. The highest BCUT2D eigenvalue weighted by molar-refractivity contribution is 5.85. The second-order valence-corrected chi connectivity index (χ2v) is 6.83. The summed E-state index contributed by atoms with van der Waals surface area (Å²) in [6, 6.07) is 0. The molecule has 0 aliphatic carbocycles. The molecule has 2 amide bonds. The molecule has 0 aromatic carbocycles. The molecule has 24 heavy (non-hydrogen) atoms. The van der Waals surface area contributed by atoms with Crippen LogP contribution in [0.25, 0.3) is 0 Å². The van der Waals surface area contributed by atoms with Crippen molar-refractivity contribution in [2.24, 2.45) is 11.3 Å². The number of aliphatic carboxylic acids is 1. The molecular weight excluding hydrogens is 329 g/mol. The minimum absolute atomic E-state index is 0.0598. The second kappa shape index (κ2) is 7.40. The van der Waals surface area contributed by atoms with Crippen LogP contribution in [0.3, 0.4) is 0 Å². The molecule has 1 saturated heterocycles. The summed E-state index contributed by atoms with van der Waals surface area (Å²) in [5.41, 5.74) is -2.18. The molecule has 0 radical (unpaired) electrons. The van der Waals surface area contributed by atoms with Gasteiger partial charge >= 0.3 is 12.1 Å². The molecule has 1 atom stereocenters. The van der Waals surface area contributed by atoms with Gasteiger partial charge in [-0.1, -0.05) is 13.8 Å². The number of piperidine rings is 1. The Morgan fingerprint density at radius 1 is 1.25 bits per heavy atom. The molecule has 1 rings (SSSR count). The van der Waals surface area contributed by atoms with E-state index >= 15 is 0 Å². The molecule has 0 bridgehead atoms. The molecule has 1 fully saturated rings. The van der Waals surface area contributed by atoms with E-state index in [0.29, 0.717) is 19.4 Å². The maximum absolute atomic E-state index is 12.8. The van der Waals surface area contributed by atoms with E-state index in [0.717, 1.165) is 18.7 Å². The van der Waals surface area contributed by atoms with E-state index in [1.807, 2.05) is 0 Å². The first-order valence-corrected chi connectivity index (χ1v) is 7.66. The second-order valence-electron chi connectivity index (χ2n) is 6.83. The number of carbonyl (C=O) groups is 3. The number of nitrogens with zero attached hydrogens (tertiary/aromatic N) is 2. The number of rotatable bonds is 5. The van der Waals surface area contributed by atoms with Crippen molar-refractivity contribution in [3.8, 4) is 0 Å². The number of halogens is 3. The number of alkyl halides is 3. The van der Waals surface area contributed by atoms with Gasteiger partial charge in [0.15, 0.2) is 0 Å². The van der Waals surface area contributed by atoms with Gasteiger partial charge in [0, 0.05) is 26.6 Å². The van der Waals surface area contributed by atoms with Gasteiger partial charge < -0.3 is 14.9 Å². The summed E-state index contributed by atoms with van der Waals surface area (Å²) in [6.45, 7) is 1.95. The molecular formula is C15H23F3N2O4. The zero-order valence-corrected chi connectivity index (χ0v) is 14.0. The molecule has 0 saturated carbocycles. The van der Waals surface area contributed by atoms with E-state index in [1.165, 1.54) is 11.9 Å². The number of likely N-dealkylation sites (tertiary alicyclic amines) is 1. The lowest BCUT2D eigenvalue weighted by molar-refractivity contribution is -0.215. The third kappa shape index (κ3) is 5.10. The predicted octanol–water partition coefficient (Wildman–Crippen LogP) is 1.75. The van der Waals surface area contributed by atoms with Crippen molar-refractivity contribution in [3.05, 3.63) is 0 Å². The Labute approximate surface area is 138 Å². The summed E-state index contributed by atoms with van der Waals surface area (Å²) in [4.78, 5) is 37.4. The van der Waals surface area contributed by atoms with E-state index < -0.39 is 41.7 Å². The van der Waals surface area contributed by atoms with Crippen LogP contribution in [-0.2, 0) is 14.4 Å². The third-order valence-electron chi connectivity index (χ3n) is 4.28. The minimum atomic E-state index is -4.52. The maximum atomic E-state index is 12.8. The van der Waals surface area contributed by atoms with Crippen molar-refractivity contribution in [1.82, 2.24) is 9.80 Å². The molecule has 0 aromatic rings. The van der Waals surface area contributed by atoms with Crippen LogP contribution in [0.5, 0.6) is 0 Å². The molecule has 1 N–H and O–H groups in total. The number of amides is 2. The average molecular weight is 352 g/mol. The molecule has 1 heterocycles. The fourth-order valence-corrected chi connectivity index (χ4v) is 2.41. The van der Waals surface area contributed by atoms with Crippen LogP contribution in [-0.4, -0.2) is 65.5 Å². The largest absolute Gasteiger partial charge is 0.481 e. The lowest BCUT2D eigenvalue weighted by atomic mass is 9.88. The van der Waals surface area contributed by atoms with Crippen molar-refractivity contribution < 1.29 is 32.7 Å². The highest BCUT2D eigenvalue weighted by atomic mass is 19.4. The third-order valence-corrected chi connectivity index (χ3v) is 4.28. The van der Waals surface area contributed by atoms with E-state index in [2.05, 4.69) is 0 Å². The first kappa shape index (κ1) is 20.2. The molecule has 9 heteroatoms. The van der Waals surface area contributed by atoms with Crippen molar-refractivity contribution in [2.45, 2.75) is 39.3 Å². The van der Waals surface area contributed by atoms with Gasteiger partial charge in [0.2, 0.25) is 11.8 Å². The fourth-order valence-electron chi connectivity index (χ4n) is 2.41. The van der Waals surface area contributed by atoms with Crippen LogP contribution in [0.4, 0.5) is 13.2 Å². The highest BCUT2D eigenvalue weighted by Crippen LogP contribution is 2.40. The highest BCUT2D eigenvalue weighted by Gasteiger charge is 2.48. The smallest absolute Gasteiger partial charge is 0.394 e. The quantitative estimate of drug-likeness (QED) is 0.818. The van der Waals surface area contributed by atoms with Gasteiger partial charge in [-0.05, 0) is 12.8 Å². The predicted molar refractivity (Wildman–Crippen MR) is 79.0 cm³/mol. The lowest BCUT2D eigenvalue weighted by Gasteiger charge is -2.33. The zero-order chi connectivity index (χ0) is 18.7. The van der Waals surface area contributed by atoms with Crippen LogP contribution >= 0.6 is 0 Å². The molecule has 1 aliphatic rings. The maximum Gasteiger partial charge on any atom is 0.394 e. The molecule has 138 valence electrons. The first-order valence-electron chi connectivity index (χ1n) is 7.66.